The van der Waals surface area contributed by atoms with Crippen molar-refractivity contribution >= 4 is 0 Å². The van der Waals surface area contributed by atoms with E-state index >= 15 is 0 Å². The number of pyridine rings is 2. The molecule has 8 nitrogen and oxygen atoms in total. The first-order valence-electron chi connectivity index (χ1n) is 15.9. The van der Waals surface area contributed by atoms with Crippen LogP contribution < -0.4 is 11.1 Å². The molecule has 4 heterocycles. The summed E-state index contributed by atoms with van der Waals surface area (Å²) in [5.41, 5.74) is 3.61. The van der Waals surface area contributed by atoms with Crippen molar-refractivity contribution in [3.05, 3.63) is 163 Å². The lowest BCUT2D eigenvalue weighted by molar-refractivity contribution is -0.138. The second-order valence-electron chi connectivity index (χ2n) is 12.1. The highest BCUT2D eigenvalue weighted by atomic mass is 19.4. The topological polar surface area (TPSA) is 117 Å². The van der Waals surface area contributed by atoms with Crippen LogP contribution in [0.4, 0.5) is 26.3 Å². The molecule has 6 rings (SSSR count). The Hall–Kier alpha value is -5.92. The molecule has 268 valence electrons. The van der Waals surface area contributed by atoms with E-state index in [4.69, 9.17) is 0 Å². The highest BCUT2D eigenvalue weighted by Gasteiger charge is 2.31. The maximum Gasteiger partial charge on any atom is 0.416 e. The van der Waals surface area contributed by atoms with Crippen molar-refractivity contribution in [3.63, 3.8) is 0 Å². The van der Waals surface area contributed by atoms with Gasteiger partial charge in [-0.2, -0.15) is 26.3 Å². The van der Waals surface area contributed by atoms with Crippen LogP contribution in [0.3, 0.4) is 0 Å². The number of halogens is 6. The van der Waals surface area contributed by atoms with Crippen LogP contribution in [0.25, 0.3) is 22.5 Å². The van der Waals surface area contributed by atoms with E-state index in [1.165, 1.54) is 36.4 Å². The molecule has 0 amide bonds. The van der Waals surface area contributed by atoms with Crippen molar-refractivity contribution in [2.75, 3.05) is 0 Å². The average molecular weight is 719 g/mol. The molecule has 14 heteroatoms. The molecule has 52 heavy (non-hydrogen) atoms. The zero-order valence-electron chi connectivity index (χ0n) is 28.3. The van der Waals surface area contributed by atoms with Crippen LogP contribution in [0.2, 0.25) is 0 Å². The van der Waals surface area contributed by atoms with E-state index in [0.717, 1.165) is 46.5 Å². The number of alkyl halides is 6. The van der Waals surface area contributed by atoms with Gasteiger partial charge in [0, 0.05) is 59.9 Å². The van der Waals surface area contributed by atoms with Gasteiger partial charge in [-0.3, -0.25) is 19.6 Å². The lowest BCUT2D eigenvalue weighted by Gasteiger charge is -2.14. The molecule has 6 aromatic rings. The third-order valence-corrected chi connectivity index (χ3v) is 8.31. The van der Waals surface area contributed by atoms with Gasteiger partial charge < -0.3 is 9.97 Å². The van der Waals surface area contributed by atoms with Crippen LogP contribution in [0, 0.1) is 13.8 Å². The second-order valence-corrected chi connectivity index (χ2v) is 12.1. The Kier molecular flexibility index (Phi) is 10.9. The van der Waals surface area contributed by atoms with E-state index in [9.17, 15) is 35.9 Å². The third kappa shape index (κ3) is 9.24. The first kappa shape index (κ1) is 37.3. The lowest BCUT2D eigenvalue weighted by Crippen LogP contribution is -2.09. The van der Waals surface area contributed by atoms with Crippen LogP contribution in [-0.4, -0.2) is 29.9 Å². The summed E-state index contributed by atoms with van der Waals surface area (Å²) in [5, 5.41) is 0. The minimum atomic E-state index is -4.35. The summed E-state index contributed by atoms with van der Waals surface area (Å²) in [5.74, 6) is 0.669. The van der Waals surface area contributed by atoms with E-state index in [1.54, 1.807) is 38.6 Å². The van der Waals surface area contributed by atoms with Crippen molar-refractivity contribution in [1.29, 1.82) is 0 Å². The molecule has 4 aromatic heterocycles. The fraction of sp³-hybridized carbons (Fsp3) is 0.211. The fourth-order valence-electron chi connectivity index (χ4n) is 5.43. The minimum Gasteiger partial charge on any atom is -0.311 e. The molecule has 0 fully saturated rings. The number of rotatable bonds is 6. The Balaban J connectivity index is 0.000000201. The number of aromatic nitrogens is 6. The molecule has 0 saturated carbocycles. The summed E-state index contributed by atoms with van der Waals surface area (Å²) in [6, 6.07) is 16.6. The number of aryl methyl sites for hydroxylation is 2. The average Bonchev–Trinajstić information content (AvgIpc) is 3.10. The smallest absolute Gasteiger partial charge is 0.311 e. The highest BCUT2D eigenvalue weighted by Crippen LogP contribution is 2.33. The number of H-pyrrole nitrogens is 2. The Morgan fingerprint density at radius 3 is 1.17 bits per heavy atom. The number of nitrogens with one attached hydrogen (secondary N) is 2. The molecular formula is C38H32F6N6O2. The normalized spacial score (nSPS) is 12.8. The van der Waals surface area contributed by atoms with Gasteiger partial charge >= 0.3 is 12.4 Å². The molecule has 0 aliphatic rings. The third-order valence-electron chi connectivity index (χ3n) is 8.31. The molecule has 0 spiro atoms. The van der Waals surface area contributed by atoms with Crippen molar-refractivity contribution in [3.8, 4) is 22.5 Å². The van der Waals surface area contributed by atoms with Gasteiger partial charge in [-0.1, -0.05) is 38.1 Å². The first-order chi connectivity index (χ1) is 24.5. The minimum absolute atomic E-state index is 0.159. The van der Waals surface area contributed by atoms with Crippen LogP contribution in [0.1, 0.15) is 70.7 Å². The van der Waals surface area contributed by atoms with Gasteiger partial charge in [-0.05, 0) is 72.5 Å². The Morgan fingerprint density at radius 2 is 0.865 bits per heavy atom. The lowest BCUT2D eigenvalue weighted by atomic mass is 9.92. The number of aromatic amines is 2. The Morgan fingerprint density at radius 1 is 0.519 bits per heavy atom. The summed E-state index contributed by atoms with van der Waals surface area (Å²) in [6.07, 6.45) is -2.19. The largest absolute Gasteiger partial charge is 0.416 e. The van der Waals surface area contributed by atoms with Gasteiger partial charge in [0.05, 0.1) is 22.5 Å². The molecule has 0 radical (unpaired) electrons. The summed E-state index contributed by atoms with van der Waals surface area (Å²) >= 11 is 0. The fourth-order valence-corrected chi connectivity index (χ4v) is 5.43. The van der Waals surface area contributed by atoms with Crippen molar-refractivity contribution < 1.29 is 26.3 Å². The second kappa shape index (κ2) is 15.1. The SMILES string of the molecule is Cc1nc(-c2cncc([C@@H](C)c3ccc(C(F)(F)F)cc3)c2)cc(=O)[nH]1.Cc1nc(-c2cncc([C@H](C)c3ccc(C(F)(F)F)cc3)c2)cc(=O)[nH]1. The molecule has 0 saturated heterocycles. The summed E-state index contributed by atoms with van der Waals surface area (Å²) < 4.78 is 76.2. The van der Waals surface area contributed by atoms with Gasteiger partial charge in [-0.15, -0.1) is 0 Å². The van der Waals surface area contributed by atoms with Crippen LogP contribution in [0.15, 0.2) is 107 Å². The van der Waals surface area contributed by atoms with E-state index in [2.05, 4.69) is 29.9 Å². The van der Waals surface area contributed by atoms with Crippen molar-refractivity contribution in [2.45, 2.75) is 51.9 Å². The predicted octanol–water partition coefficient (Wildman–Crippen LogP) is 8.62. The van der Waals surface area contributed by atoms with E-state index in [0.29, 0.717) is 34.2 Å². The molecule has 2 N–H and O–H groups in total. The number of nitrogens with zero attached hydrogens (tertiary/aromatic N) is 4. The number of benzene rings is 2. The van der Waals surface area contributed by atoms with Crippen LogP contribution in [-0.2, 0) is 12.4 Å². The number of hydrogen-bond donors (Lipinski definition) is 2. The summed E-state index contributed by atoms with van der Waals surface area (Å²) in [4.78, 5) is 45.4. The molecule has 2 atom stereocenters. The van der Waals surface area contributed by atoms with Crippen molar-refractivity contribution in [1.82, 2.24) is 29.9 Å². The molecule has 2 aromatic carbocycles. The van der Waals surface area contributed by atoms with Gasteiger partial charge in [-0.25, -0.2) is 9.97 Å². The molecule has 0 aliphatic carbocycles. The van der Waals surface area contributed by atoms with Crippen molar-refractivity contribution in [2.24, 2.45) is 0 Å². The van der Waals surface area contributed by atoms with Gasteiger partial charge in [0.2, 0.25) is 0 Å². The molecular weight excluding hydrogens is 686 g/mol. The highest BCUT2D eigenvalue weighted by molar-refractivity contribution is 5.60. The summed E-state index contributed by atoms with van der Waals surface area (Å²) in [6.45, 7) is 7.15. The molecule has 0 bridgehead atoms. The van der Waals surface area contributed by atoms with Crippen LogP contribution >= 0.6 is 0 Å². The predicted molar refractivity (Wildman–Crippen MR) is 184 cm³/mol. The maximum atomic E-state index is 12.7. The van der Waals surface area contributed by atoms with E-state index in [1.807, 2.05) is 26.0 Å². The zero-order valence-corrected chi connectivity index (χ0v) is 28.3. The Labute approximate surface area is 293 Å². The maximum absolute atomic E-state index is 12.7. The zero-order chi connectivity index (χ0) is 37.8. The Bertz CT molecular complexity index is 2120. The monoisotopic (exact) mass is 718 g/mol. The van der Waals surface area contributed by atoms with Crippen LogP contribution in [0.5, 0.6) is 0 Å². The first-order valence-corrected chi connectivity index (χ1v) is 15.9. The number of hydrogen-bond acceptors (Lipinski definition) is 6. The van der Waals surface area contributed by atoms with Gasteiger partial charge in [0.1, 0.15) is 11.6 Å². The molecule has 0 unspecified atom stereocenters. The molecule has 0 aliphatic heterocycles. The standard InChI is InChI=1S/2C19H16F3N3O/c2*1-11(13-3-5-16(6-4-13)19(20,21)22)14-7-15(10-23-9-14)17-8-18(26)25-12(2)24-17/h2*3-11H,1-2H3,(H,24,25,26)/t2*11-/m10/s1. The van der Waals surface area contributed by atoms with E-state index < -0.39 is 23.5 Å². The van der Waals surface area contributed by atoms with Gasteiger partial charge in [0.15, 0.2) is 0 Å². The van der Waals surface area contributed by atoms with E-state index in [-0.39, 0.29) is 23.0 Å². The quantitative estimate of drug-likeness (QED) is 0.167. The van der Waals surface area contributed by atoms with Gasteiger partial charge in [0.25, 0.3) is 11.1 Å². The summed E-state index contributed by atoms with van der Waals surface area (Å²) in [7, 11) is 0.